The van der Waals surface area contributed by atoms with Crippen LogP contribution in [0.25, 0.3) is 0 Å². The second kappa shape index (κ2) is 5.79. The van der Waals surface area contributed by atoms with Crippen molar-refractivity contribution in [1.29, 1.82) is 0 Å². The van der Waals surface area contributed by atoms with Gasteiger partial charge in [0.2, 0.25) is 5.78 Å². The summed E-state index contributed by atoms with van der Waals surface area (Å²) in [6.07, 6.45) is 1.78. The van der Waals surface area contributed by atoms with Gasteiger partial charge in [0.15, 0.2) is 5.54 Å². The van der Waals surface area contributed by atoms with Gasteiger partial charge < -0.3 is 20.5 Å². The van der Waals surface area contributed by atoms with Crippen molar-refractivity contribution in [3.63, 3.8) is 0 Å². The van der Waals surface area contributed by atoms with Gasteiger partial charge in [-0.1, -0.05) is 6.92 Å². The Bertz CT molecular complexity index is 540. The number of methoxy groups -OCH3 is 1. The van der Waals surface area contributed by atoms with Crippen LogP contribution in [0.4, 0.5) is 5.69 Å². The second-order valence-electron chi connectivity index (χ2n) is 5.12. The minimum atomic E-state index is -1.92. The number of carboxylic acids is 1. The number of nitrogens with two attached hydrogens (primary N) is 1. The van der Waals surface area contributed by atoms with Crippen LogP contribution in [-0.2, 0) is 9.53 Å². The van der Waals surface area contributed by atoms with Crippen LogP contribution in [0.5, 0.6) is 0 Å². The molecule has 1 aliphatic rings. The van der Waals surface area contributed by atoms with Gasteiger partial charge in [0.05, 0.1) is 18.0 Å². The summed E-state index contributed by atoms with van der Waals surface area (Å²) >= 11 is 0. The van der Waals surface area contributed by atoms with Crippen LogP contribution >= 0.6 is 0 Å². The molecule has 0 spiro atoms. The van der Waals surface area contributed by atoms with Crippen molar-refractivity contribution < 1.29 is 19.4 Å². The minimum Gasteiger partial charge on any atom is -0.480 e. The van der Waals surface area contributed by atoms with E-state index >= 15 is 0 Å². The number of ether oxygens (including phenoxy) is 1. The van der Waals surface area contributed by atoms with E-state index < -0.39 is 17.3 Å². The average molecular weight is 293 g/mol. The van der Waals surface area contributed by atoms with Gasteiger partial charge in [0.25, 0.3) is 0 Å². The molecule has 114 valence electrons. The van der Waals surface area contributed by atoms with Crippen LogP contribution in [0.15, 0.2) is 18.3 Å². The van der Waals surface area contributed by atoms with Crippen molar-refractivity contribution in [2.75, 3.05) is 25.1 Å². The van der Waals surface area contributed by atoms with Gasteiger partial charge in [-0.05, 0) is 18.6 Å². The maximum absolute atomic E-state index is 12.2. The highest BCUT2D eigenvalue weighted by Gasteiger charge is 2.41. The molecule has 1 aliphatic heterocycles. The van der Waals surface area contributed by atoms with Crippen molar-refractivity contribution in [1.82, 2.24) is 4.98 Å². The van der Waals surface area contributed by atoms with E-state index in [1.807, 2.05) is 0 Å². The Kier molecular flexibility index (Phi) is 4.24. The first-order valence-electron chi connectivity index (χ1n) is 6.73. The highest BCUT2D eigenvalue weighted by atomic mass is 16.5. The molecular weight excluding hydrogens is 274 g/mol. The number of carbonyl (C=O) groups excluding carboxylic acids is 1. The third kappa shape index (κ3) is 2.74. The summed E-state index contributed by atoms with van der Waals surface area (Å²) in [5, 5.41) is 9.11. The number of rotatable bonds is 6. The summed E-state index contributed by atoms with van der Waals surface area (Å²) in [5.41, 5.74) is 4.68. The summed E-state index contributed by atoms with van der Waals surface area (Å²) in [6.45, 7) is 3.11. The number of ketones is 1. The van der Waals surface area contributed by atoms with Gasteiger partial charge >= 0.3 is 5.97 Å². The first-order chi connectivity index (χ1) is 9.92. The van der Waals surface area contributed by atoms with E-state index in [1.165, 1.54) is 6.07 Å². The van der Waals surface area contributed by atoms with Gasteiger partial charge in [-0.25, -0.2) is 4.79 Å². The zero-order valence-electron chi connectivity index (χ0n) is 12.1. The van der Waals surface area contributed by atoms with E-state index in [4.69, 9.17) is 15.6 Å². The Morgan fingerprint density at radius 1 is 1.52 bits per heavy atom. The predicted molar refractivity (Wildman–Crippen MR) is 76.4 cm³/mol. The zero-order valence-corrected chi connectivity index (χ0v) is 12.1. The summed E-state index contributed by atoms with van der Waals surface area (Å²) < 4.78 is 5.19. The molecule has 7 heteroatoms. The molecular formula is C14H19N3O4. The molecule has 2 heterocycles. The van der Waals surface area contributed by atoms with Crippen LogP contribution in [0.2, 0.25) is 0 Å². The molecule has 7 nitrogen and oxygen atoms in total. The molecule has 0 aromatic carbocycles. The Labute approximate surface area is 122 Å². The summed E-state index contributed by atoms with van der Waals surface area (Å²) in [7, 11) is 1.67. The average Bonchev–Trinajstić information content (AvgIpc) is 2.45. The highest BCUT2D eigenvalue weighted by Crippen LogP contribution is 2.22. The lowest BCUT2D eigenvalue weighted by molar-refractivity contribution is -0.141. The maximum Gasteiger partial charge on any atom is 0.331 e. The number of anilines is 1. The van der Waals surface area contributed by atoms with E-state index in [0.717, 1.165) is 18.8 Å². The summed E-state index contributed by atoms with van der Waals surface area (Å²) in [4.78, 5) is 29.5. The van der Waals surface area contributed by atoms with Gasteiger partial charge in [-0.3, -0.25) is 9.78 Å². The van der Waals surface area contributed by atoms with Gasteiger partial charge in [0.1, 0.15) is 5.69 Å². The number of aliphatic carboxylic acids is 1. The predicted octanol–water partition coefficient (Wildman–Crippen LogP) is 0.291. The fourth-order valence-electron chi connectivity index (χ4n) is 2.14. The first kappa shape index (κ1) is 15.4. The molecule has 1 aromatic heterocycles. The van der Waals surface area contributed by atoms with E-state index in [1.54, 1.807) is 26.3 Å². The summed E-state index contributed by atoms with van der Waals surface area (Å²) in [6, 6.07) is 3.25. The molecule has 2 rings (SSSR count). The fourth-order valence-corrected chi connectivity index (χ4v) is 2.14. The molecule has 1 fully saturated rings. The van der Waals surface area contributed by atoms with Crippen LogP contribution in [0, 0.1) is 0 Å². The van der Waals surface area contributed by atoms with Crippen LogP contribution < -0.4 is 10.6 Å². The van der Waals surface area contributed by atoms with Gasteiger partial charge in [-0.2, -0.15) is 0 Å². The van der Waals surface area contributed by atoms with E-state index in [2.05, 4.69) is 9.88 Å². The number of pyridine rings is 1. The minimum absolute atomic E-state index is 0.00619. The van der Waals surface area contributed by atoms with E-state index in [0.29, 0.717) is 0 Å². The number of carbonyl (C=O) groups is 2. The Balaban J connectivity index is 2.12. The molecule has 1 unspecified atom stereocenters. The lowest BCUT2D eigenvalue weighted by Gasteiger charge is -2.39. The largest absolute Gasteiger partial charge is 0.480 e. The monoisotopic (exact) mass is 293 g/mol. The van der Waals surface area contributed by atoms with Crippen LogP contribution in [0.1, 0.15) is 23.8 Å². The molecule has 3 N–H and O–H groups in total. The Hall–Kier alpha value is -1.99. The maximum atomic E-state index is 12.2. The third-order valence-electron chi connectivity index (χ3n) is 3.87. The third-order valence-corrected chi connectivity index (χ3v) is 3.87. The second-order valence-corrected chi connectivity index (χ2v) is 5.12. The molecule has 0 saturated carbocycles. The van der Waals surface area contributed by atoms with Crippen molar-refractivity contribution in [2.45, 2.75) is 25.0 Å². The molecule has 21 heavy (non-hydrogen) atoms. The lowest BCUT2D eigenvalue weighted by Crippen LogP contribution is -2.54. The summed E-state index contributed by atoms with van der Waals surface area (Å²) in [5.74, 6) is -2.02. The number of carboxylic acid groups (broad SMARTS) is 1. The molecule has 0 bridgehead atoms. The molecule has 0 radical (unpaired) electrons. The van der Waals surface area contributed by atoms with Crippen LogP contribution in [0.3, 0.4) is 0 Å². The van der Waals surface area contributed by atoms with Crippen molar-refractivity contribution >= 4 is 17.4 Å². The highest BCUT2D eigenvalue weighted by molar-refractivity contribution is 6.14. The molecule has 1 aromatic rings. The molecule has 1 saturated heterocycles. The number of hydrogen-bond acceptors (Lipinski definition) is 6. The normalized spacial score (nSPS) is 18.0. The quantitative estimate of drug-likeness (QED) is 0.573. The zero-order chi connectivity index (χ0) is 15.6. The molecule has 0 amide bonds. The number of Topliss-reactive ketones (excluding diaryl/α,β-unsaturated/α-hetero) is 1. The van der Waals surface area contributed by atoms with Gasteiger partial charge in [-0.15, -0.1) is 0 Å². The molecule has 0 aliphatic carbocycles. The fraction of sp³-hybridized carbons (Fsp3) is 0.500. The van der Waals surface area contributed by atoms with Crippen molar-refractivity contribution in [3.05, 3.63) is 24.0 Å². The van der Waals surface area contributed by atoms with Crippen molar-refractivity contribution in [2.24, 2.45) is 5.73 Å². The number of aromatic nitrogens is 1. The first-order valence-corrected chi connectivity index (χ1v) is 6.73. The van der Waals surface area contributed by atoms with E-state index in [9.17, 15) is 9.59 Å². The lowest BCUT2D eigenvalue weighted by atomic mass is 9.90. The van der Waals surface area contributed by atoms with E-state index in [-0.39, 0.29) is 18.2 Å². The smallest absolute Gasteiger partial charge is 0.331 e. The van der Waals surface area contributed by atoms with Crippen molar-refractivity contribution in [3.8, 4) is 0 Å². The Morgan fingerprint density at radius 3 is 2.62 bits per heavy atom. The number of nitrogens with zero attached hydrogens (tertiary/aromatic N) is 2. The van der Waals surface area contributed by atoms with Crippen LogP contribution in [-0.4, -0.2) is 53.7 Å². The molecule has 1 atom stereocenters. The number of hydrogen-bond donors (Lipinski definition) is 2. The standard InChI is InChI=1S/C14H19N3O4/c1-3-14(15,13(19)20)12(18)11-5-4-9(6-16-11)17-7-10(8-17)21-2/h4-6,10H,3,7-8,15H2,1-2H3,(H,19,20). The SMILES string of the molecule is CCC(N)(C(=O)O)C(=O)c1ccc(N2CC(OC)C2)cn1. The Morgan fingerprint density at radius 2 is 2.19 bits per heavy atom. The van der Waals surface area contributed by atoms with Gasteiger partial charge in [0, 0.05) is 20.2 Å². The topological polar surface area (TPSA) is 106 Å².